The molecule has 2 N–H and O–H groups in total. The van der Waals surface area contributed by atoms with E-state index in [1.165, 1.54) is 70.7 Å². The molecule has 3 fully saturated rings. The minimum Gasteiger partial charge on any atom is -0.438 e. The standard InChI is InChI=1S/C47H54F2N5O11P/c1-44(2,3)42(59)62-26-64-66(61,65-27-63-43(60)45(4,5)6)47(48,49)31-19-18-28-16-17-29(22-30(28)23-31)38(55)51-35-15-10-8-12-32-20-21-36(54(32)39(35)56)40(57)53-24-37(50-7)46(25-53)33-13-9-11-14-34(33)52-41(46)58/h9,11,13-14,16-19,22-23,32,35-37H,8,10,12,15,20-21,24-27H2,1-6H3,(H,51,55)(H,52,58)/t32-,35-,36-,37+,46+/m0/s1. The number of anilines is 1. The summed E-state index contributed by atoms with van der Waals surface area (Å²) in [6.07, 6.45) is 3.20. The molecule has 4 aliphatic heterocycles. The van der Waals surface area contributed by atoms with Crippen molar-refractivity contribution in [2.45, 2.75) is 115 Å². The molecule has 66 heavy (non-hydrogen) atoms. The minimum atomic E-state index is -5.63. The molecular weight excluding hydrogens is 880 g/mol. The van der Waals surface area contributed by atoms with Gasteiger partial charge in [0.05, 0.1) is 17.4 Å². The highest BCUT2D eigenvalue weighted by atomic mass is 31.2. The number of carbonyl (C=O) groups is 6. The SMILES string of the molecule is [C-]#[N+][C@@H]1CN(C(=O)[C@@H]2CC[C@@H]3CCCC[C@H](NC(=O)c4ccc5ccc(C(F)(F)P(=O)(OCOC(=O)C(C)(C)C)OCOC(=O)C(C)(C)C)cc5c4)C(=O)N32)C[C@]12C(=O)Nc1ccccc12. The molecule has 3 aromatic rings. The average Bonchev–Trinajstić information content (AvgIpc) is 3.95. The van der Waals surface area contributed by atoms with Gasteiger partial charge in [0.1, 0.15) is 12.1 Å². The number of alkyl halides is 2. The number of ether oxygens (including phenoxy) is 2. The van der Waals surface area contributed by atoms with Gasteiger partial charge in [-0.3, -0.25) is 42.4 Å². The summed E-state index contributed by atoms with van der Waals surface area (Å²) < 4.78 is 66.7. The minimum absolute atomic E-state index is 0.0143. The monoisotopic (exact) mass is 933 g/mol. The number of esters is 2. The van der Waals surface area contributed by atoms with Gasteiger partial charge >= 0.3 is 25.2 Å². The maximum atomic E-state index is 16.4. The summed E-state index contributed by atoms with van der Waals surface area (Å²) in [6.45, 7) is 14.7. The number of rotatable bonds is 11. The van der Waals surface area contributed by atoms with Crippen molar-refractivity contribution in [3.8, 4) is 0 Å². The van der Waals surface area contributed by atoms with E-state index in [4.69, 9.17) is 25.1 Å². The van der Waals surface area contributed by atoms with Crippen LogP contribution >= 0.6 is 7.60 Å². The molecule has 0 bridgehead atoms. The van der Waals surface area contributed by atoms with Gasteiger partial charge in [-0.25, -0.2) is 6.57 Å². The van der Waals surface area contributed by atoms with Crippen LogP contribution in [0.25, 0.3) is 15.6 Å². The number of amides is 4. The molecule has 7 rings (SSSR count). The molecule has 19 heteroatoms. The van der Waals surface area contributed by atoms with Gasteiger partial charge in [-0.2, -0.15) is 8.78 Å². The lowest BCUT2D eigenvalue weighted by Gasteiger charge is -2.36. The molecule has 3 saturated heterocycles. The second-order valence-electron chi connectivity index (χ2n) is 19.3. The lowest BCUT2D eigenvalue weighted by Crippen LogP contribution is -2.57. The maximum Gasteiger partial charge on any atom is 0.410 e. The Kier molecular flexibility index (Phi) is 13.2. The number of nitrogens with zero attached hydrogens (tertiary/aromatic N) is 3. The summed E-state index contributed by atoms with van der Waals surface area (Å²) in [7, 11) is -5.63. The number of carbonyl (C=O) groups excluding carboxylic acids is 6. The molecule has 0 aromatic heterocycles. The molecule has 0 radical (unpaired) electrons. The first-order chi connectivity index (χ1) is 31.0. The fourth-order valence-electron chi connectivity index (χ4n) is 9.00. The van der Waals surface area contributed by atoms with Crippen LogP contribution in [0.5, 0.6) is 0 Å². The molecule has 4 amide bonds. The highest BCUT2D eigenvalue weighted by molar-refractivity contribution is 7.54. The van der Waals surface area contributed by atoms with E-state index in [0.29, 0.717) is 42.3 Å². The van der Waals surface area contributed by atoms with Gasteiger partial charge in [0.25, 0.3) is 11.9 Å². The van der Waals surface area contributed by atoms with Crippen LogP contribution < -0.4 is 10.6 Å². The van der Waals surface area contributed by atoms with E-state index in [1.54, 1.807) is 29.2 Å². The van der Waals surface area contributed by atoms with Crippen LogP contribution in [-0.4, -0.2) is 96.2 Å². The van der Waals surface area contributed by atoms with Crippen LogP contribution in [0.3, 0.4) is 0 Å². The van der Waals surface area contributed by atoms with E-state index in [1.807, 2.05) is 0 Å². The average molecular weight is 934 g/mol. The van der Waals surface area contributed by atoms with Gasteiger partial charge in [-0.15, -0.1) is 0 Å². The fraction of sp³-hybridized carbons (Fsp3) is 0.511. The van der Waals surface area contributed by atoms with E-state index in [9.17, 15) is 33.3 Å². The molecule has 0 aliphatic carbocycles. The Morgan fingerprint density at radius 1 is 0.864 bits per heavy atom. The third-order valence-corrected chi connectivity index (χ3v) is 14.5. The van der Waals surface area contributed by atoms with Gasteiger partial charge in [-0.1, -0.05) is 49.2 Å². The normalized spacial score (nSPS) is 23.4. The highest BCUT2D eigenvalue weighted by Gasteiger charge is 2.63. The summed E-state index contributed by atoms with van der Waals surface area (Å²) in [5.41, 5.74) is -7.32. The molecule has 0 unspecified atom stereocenters. The van der Waals surface area contributed by atoms with E-state index in [0.717, 1.165) is 18.6 Å². The summed E-state index contributed by atoms with van der Waals surface area (Å²) in [5.74, 6) is -3.50. The Bertz CT molecular complexity index is 2520. The molecule has 352 valence electrons. The van der Waals surface area contributed by atoms with Gasteiger partial charge < -0.3 is 34.8 Å². The first-order valence-electron chi connectivity index (χ1n) is 21.9. The highest BCUT2D eigenvalue weighted by Crippen LogP contribution is 2.67. The third kappa shape index (κ3) is 9.05. The van der Waals surface area contributed by atoms with Gasteiger partial charge in [0.2, 0.25) is 31.3 Å². The van der Waals surface area contributed by atoms with Crippen molar-refractivity contribution in [3.63, 3.8) is 0 Å². The number of para-hydroxylation sites is 1. The van der Waals surface area contributed by atoms with E-state index >= 15 is 8.78 Å². The first-order valence-corrected chi connectivity index (χ1v) is 23.4. The van der Waals surface area contributed by atoms with Crippen molar-refractivity contribution in [2.24, 2.45) is 10.8 Å². The van der Waals surface area contributed by atoms with Crippen molar-refractivity contribution in [1.29, 1.82) is 0 Å². The van der Waals surface area contributed by atoms with Crippen molar-refractivity contribution < 1.29 is 60.6 Å². The van der Waals surface area contributed by atoms with Crippen LogP contribution in [-0.2, 0) is 58.1 Å². The molecule has 1 spiro atoms. The van der Waals surface area contributed by atoms with E-state index in [2.05, 4.69) is 15.5 Å². The summed E-state index contributed by atoms with van der Waals surface area (Å²) in [6, 6.07) is 11.7. The zero-order valence-corrected chi connectivity index (χ0v) is 38.6. The smallest absolute Gasteiger partial charge is 0.410 e. The summed E-state index contributed by atoms with van der Waals surface area (Å²) in [4.78, 5) is 87.9. The Labute approximate surface area is 381 Å². The lowest BCUT2D eigenvalue weighted by molar-refractivity contribution is -0.163. The fourth-order valence-corrected chi connectivity index (χ4v) is 10.2. The Hall–Kier alpha value is -5.76. The zero-order chi connectivity index (χ0) is 48.0. The number of nitrogens with one attached hydrogen (secondary N) is 2. The van der Waals surface area contributed by atoms with Crippen LogP contribution in [0.2, 0.25) is 0 Å². The quantitative estimate of drug-likeness (QED) is 0.0852. The molecule has 5 atom stereocenters. The Morgan fingerprint density at radius 3 is 2.15 bits per heavy atom. The number of hydrogen-bond donors (Lipinski definition) is 2. The number of fused-ring (bicyclic) bond motifs is 4. The van der Waals surface area contributed by atoms with Gasteiger partial charge in [0, 0.05) is 35.0 Å². The second kappa shape index (κ2) is 18.1. The number of halogens is 2. The largest absolute Gasteiger partial charge is 0.438 e. The van der Waals surface area contributed by atoms with Gasteiger partial charge in [-0.05, 0) is 102 Å². The van der Waals surface area contributed by atoms with Crippen molar-refractivity contribution in [3.05, 3.63) is 88.8 Å². The number of likely N-dealkylation sites (tertiary alicyclic amines) is 1. The molecule has 3 aromatic carbocycles. The lowest BCUT2D eigenvalue weighted by atomic mass is 9.77. The molecule has 0 saturated carbocycles. The van der Waals surface area contributed by atoms with Crippen molar-refractivity contribution >= 4 is 59.6 Å². The Morgan fingerprint density at radius 2 is 1.50 bits per heavy atom. The Balaban J connectivity index is 1.09. The predicted molar refractivity (Wildman–Crippen MR) is 236 cm³/mol. The molecule has 16 nitrogen and oxygen atoms in total. The first kappa shape index (κ1) is 48.2. The van der Waals surface area contributed by atoms with Gasteiger partial charge in [0.15, 0.2) is 5.41 Å². The van der Waals surface area contributed by atoms with Crippen molar-refractivity contribution in [2.75, 3.05) is 32.0 Å². The topological polar surface area (TPSA) is 191 Å². The maximum absolute atomic E-state index is 16.4. The number of hydrogen-bond acceptors (Lipinski definition) is 11. The predicted octanol–water partition coefficient (Wildman–Crippen LogP) is 7.26. The van der Waals surface area contributed by atoms with E-state index in [-0.39, 0.29) is 48.3 Å². The van der Waals surface area contributed by atoms with Crippen molar-refractivity contribution in [1.82, 2.24) is 15.1 Å². The summed E-state index contributed by atoms with van der Waals surface area (Å²) >= 11 is 0. The van der Waals surface area contributed by atoms with Crippen LogP contribution in [0, 0.1) is 17.4 Å². The molecular formula is C47H54F2N5O11P. The molecule has 4 aliphatic rings. The second-order valence-corrected chi connectivity index (χ2v) is 21.4. The van der Waals surface area contributed by atoms with E-state index < -0.39 is 90.5 Å². The number of benzene rings is 3. The van der Waals surface area contributed by atoms with Crippen LogP contribution in [0.15, 0.2) is 60.7 Å². The van der Waals surface area contributed by atoms with Crippen LogP contribution in [0.1, 0.15) is 102 Å². The zero-order valence-electron chi connectivity index (χ0n) is 37.7. The molecule has 4 heterocycles. The van der Waals surface area contributed by atoms with Crippen LogP contribution in [0.4, 0.5) is 14.5 Å². The summed E-state index contributed by atoms with van der Waals surface area (Å²) in [5, 5.41) is 6.24. The third-order valence-electron chi connectivity index (χ3n) is 12.7.